The third kappa shape index (κ3) is 5.41. The van der Waals surface area contributed by atoms with Gasteiger partial charge in [0.1, 0.15) is 0 Å². The van der Waals surface area contributed by atoms with Crippen molar-refractivity contribution in [3.63, 3.8) is 0 Å². The first kappa shape index (κ1) is 23.0. The van der Waals surface area contributed by atoms with Crippen LogP contribution in [-0.4, -0.2) is 41.6 Å². The minimum atomic E-state index is -0.379. The molecule has 5 nitrogen and oxygen atoms in total. The summed E-state index contributed by atoms with van der Waals surface area (Å²) in [6, 6.07) is 7.51. The first-order valence-corrected chi connectivity index (χ1v) is 12.7. The van der Waals surface area contributed by atoms with Crippen molar-refractivity contribution in [1.29, 1.82) is 0 Å². The molecular weight excluding hydrogens is 400 g/mol. The lowest BCUT2D eigenvalue weighted by molar-refractivity contribution is -0.133. The Balaban J connectivity index is 1.35. The number of nitrogens with zero attached hydrogens (tertiary/aromatic N) is 1. The topological polar surface area (TPSA) is 66.5 Å². The maximum atomic E-state index is 13.0. The van der Waals surface area contributed by atoms with Gasteiger partial charge in [0.15, 0.2) is 5.78 Å². The minimum absolute atomic E-state index is 0.0812. The monoisotopic (exact) mass is 438 g/mol. The molecule has 1 saturated heterocycles. The average Bonchev–Trinajstić information content (AvgIpc) is 3.68. The zero-order chi connectivity index (χ0) is 22.7. The molecule has 0 aromatic heterocycles. The molecule has 0 radical (unpaired) electrons. The van der Waals surface area contributed by atoms with Crippen LogP contribution in [0.25, 0.3) is 0 Å². The van der Waals surface area contributed by atoms with E-state index in [9.17, 15) is 14.4 Å². The van der Waals surface area contributed by atoms with Crippen molar-refractivity contribution in [2.45, 2.75) is 83.6 Å². The average molecular weight is 439 g/mol. The lowest BCUT2D eigenvalue weighted by Gasteiger charge is -2.32. The molecule has 1 aromatic carbocycles. The molecule has 2 saturated carbocycles. The van der Waals surface area contributed by atoms with Gasteiger partial charge in [-0.2, -0.15) is 0 Å². The van der Waals surface area contributed by atoms with E-state index in [2.05, 4.69) is 17.4 Å². The molecule has 1 heterocycles. The summed E-state index contributed by atoms with van der Waals surface area (Å²) in [6.45, 7) is 5.51. The molecule has 2 amide bonds. The van der Waals surface area contributed by atoms with Crippen LogP contribution in [0.2, 0.25) is 0 Å². The summed E-state index contributed by atoms with van der Waals surface area (Å²) in [4.78, 5) is 40.1. The van der Waals surface area contributed by atoms with Gasteiger partial charge in [-0.1, -0.05) is 45.2 Å². The second-order valence-corrected chi connectivity index (χ2v) is 10.4. The van der Waals surface area contributed by atoms with Gasteiger partial charge in [-0.3, -0.25) is 14.4 Å². The molecule has 1 unspecified atom stereocenters. The van der Waals surface area contributed by atoms with Gasteiger partial charge in [-0.05, 0) is 68.1 Å². The van der Waals surface area contributed by atoms with Crippen molar-refractivity contribution in [3.05, 3.63) is 35.4 Å². The standard InChI is InChI=1S/C27H38N2O3/c1-18(2)25(30)24(21-6-4-3-5-7-21)28-26(31)22-10-8-19(9-11-22)20-14-16-29(17-15-20)27(32)23-12-13-23/h8-11,18,20-21,23-24H,3-7,12-17H2,1-2H3,(H,28,31). The van der Waals surface area contributed by atoms with E-state index in [1.54, 1.807) is 0 Å². The van der Waals surface area contributed by atoms with Crippen LogP contribution in [0.1, 0.15) is 93.5 Å². The van der Waals surface area contributed by atoms with E-state index in [4.69, 9.17) is 0 Å². The molecule has 1 atom stereocenters. The molecule has 5 heteroatoms. The number of benzene rings is 1. The van der Waals surface area contributed by atoms with Gasteiger partial charge in [-0.25, -0.2) is 0 Å². The zero-order valence-corrected chi connectivity index (χ0v) is 19.6. The zero-order valence-electron chi connectivity index (χ0n) is 19.6. The van der Waals surface area contributed by atoms with Crippen LogP contribution in [0.4, 0.5) is 0 Å². The Bertz CT molecular complexity index is 814. The van der Waals surface area contributed by atoms with Crippen molar-refractivity contribution >= 4 is 17.6 Å². The van der Waals surface area contributed by atoms with Gasteiger partial charge in [0.25, 0.3) is 5.91 Å². The summed E-state index contributed by atoms with van der Waals surface area (Å²) < 4.78 is 0. The van der Waals surface area contributed by atoms with Gasteiger partial charge >= 0.3 is 0 Å². The largest absolute Gasteiger partial charge is 0.342 e. The first-order valence-electron chi connectivity index (χ1n) is 12.7. The molecule has 4 rings (SSSR count). The third-order valence-corrected chi connectivity index (χ3v) is 7.66. The normalized spacial score (nSPS) is 21.4. The fourth-order valence-corrected chi connectivity index (χ4v) is 5.40. The number of hydrogen-bond acceptors (Lipinski definition) is 3. The predicted octanol–water partition coefficient (Wildman–Crippen LogP) is 4.71. The Morgan fingerprint density at radius 2 is 1.50 bits per heavy atom. The Morgan fingerprint density at radius 3 is 2.06 bits per heavy atom. The summed E-state index contributed by atoms with van der Waals surface area (Å²) in [6.07, 6.45) is 9.63. The number of carbonyl (C=O) groups excluding carboxylic acids is 3. The van der Waals surface area contributed by atoms with Gasteiger partial charge in [-0.15, -0.1) is 0 Å². The highest BCUT2D eigenvalue weighted by atomic mass is 16.2. The third-order valence-electron chi connectivity index (χ3n) is 7.66. The molecule has 174 valence electrons. The minimum Gasteiger partial charge on any atom is -0.342 e. The van der Waals surface area contributed by atoms with Crippen molar-refractivity contribution in [1.82, 2.24) is 10.2 Å². The van der Waals surface area contributed by atoms with E-state index < -0.39 is 0 Å². The highest BCUT2D eigenvalue weighted by molar-refractivity contribution is 5.98. The number of Topliss-reactive ketones (excluding diaryl/α,β-unsaturated/α-hetero) is 1. The molecule has 3 fully saturated rings. The van der Waals surface area contributed by atoms with Gasteiger partial charge in [0.05, 0.1) is 6.04 Å². The van der Waals surface area contributed by atoms with E-state index in [0.29, 0.717) is 23.3 Å². The van der Waals surface area contributed by atoms with Crippen LogP contribution >= 0.6 is 0 Å². The van der Waals surface area contributed by atoms with Gasteiger partial charge in [0.2, 0.25) is 5.91 Å². The van der Waals surface area contributed by atoms with Gasteiger partial charge in [0, 0.05) is 30.5 Å². The van der Waals surface area contributed by atoms with Crippen LogP contribution < -0.4 is 5.32 Å². The summed E-state index contributed by atoms with van der Waals surface area (Å²) in [5.41, 5.74) is 1.86. The molecule has 3 aliphatic rings. The number of carbonyl (C=O) groups is 3. The van der Waals surface area contributed by atoms with Crippen LogP contribution in [0, 0.1) is 17.8 Å². The number of rotatable bonds is 7. The smallest absolute Gasteiger partial charge is 0.251 e. The van der Waals surface area contributed by atoms with Gasteiger partial charge < -0.3 is 10.2 Å². The quantitative estimate of drug-likeness (QED) is 0.671. The number of nitrogens with one attached hydrogen (secondary N) is 1. The molecule has 2 aliphatic carbocycles. The van der Waals surface area contributed by atoms with E-state index in [-0.39, 0.29) is 29.6 Å². The second kappa shape index (κ2) is 10.2. The maximum absolute atomic E-state index is 13.0. The summed E-state index contributed by atoms with van der Waals surface area (Å²) in [7, 11) is 0. The molecular formula is C27H38N2O3. The number of hydrogen-bond donors (Lipinski definition) is 1. The number of likely N-dealkylation sites (tertiary alicyclic amines) is 1. The van der Waals surface area contributed by atoms with Crippen molar-refractivity contribution in [2.24, 2.45) is 17.8 Å². The number of piperidine rings is 1. The Kier molecular flexibility index (Phi) is 7.32. The van der Waals surface area contributed by atoms with E-state index in [0.717, 1.165) is 64.5 Å². The Morgan fingerprint density at radius 1 is 0.875 bits per heavy atom. The lowest BCUT2D eigenvalue weighted by Crippen LogP contribution is -2.48. The fraction of sp³-hybridized carbons (Fsp3) is 0.667. The fourth-order valence-electron chi connectivity index (χ4n) is 5.40. The van der Waals surface area contributed by atoms with Crippen molar-refractivity contribution in [3.8, 4) is 0 Å². The predicted molar refractivity (Wildman–Crippen MR) is 125 cm³/mol. The summed E-state index contributed by atoms with van der Waals surface area (Å²) in [5, 5.41) is 3.09. The molecule has 0 spiro atoms. The van der Waals surface area contributed by atoms with Crippen LogP contribution in [-0.2, 0) is 9.59 Å². The van der Waals surface area contributed by atoms with Crippen molar-refractivity contribution in [2.75, 3.05) is 13.1 Å². The highest BCUT2D eigenvalue weighted by Gasteiger charge is 2.35. The van der Waals surface area contributed by atoms with Crippen LogP contribution in [0.5, 0.6) is 0 Å². The molecule has 1 N–H and O–H groups in total. The summed E-state index contributed by atoms with van der Waals surface area (Å²) in [5.74, 6) is 1.25. The maximum Gasteiger partial charge on any atom is 0.251 e. The first-order chi connectivity index (χ1) is 15.4. The Hall–Kier alpha value is -2.17. The van der Waals surface area contributed by atoms with Crippen LogP contribution in [0.3, 0.4) is 0 Å². The van der Waals surface area contributed by atoms with E-state index in [1.165, 1.54) is 12.0 Å². The second-order valence-electron chi connectivity index (χ2n) is 10.4. The molecule has 0 bridgehead atoms. The van der Waals surface area contributed by atoms with Crippen molar-refractivity contribution < 1.29 is 14.4 Å². The van der Waals surface area contributed by atoms with Crippen LogP contribution in [0.15, 0.2) is 24.3 Å². The number of amides is 2. The van der Waals surface area contributed by atoms with E-state index in [1.807, 2.05) is 30.9 Å². The number of ketones is 1. The molecule has 1 aromatic rings. The lowest BCUT2D eigenvalue weighted by atomic mass is 9.80. The molecule has 32 heavy (non-hydrogen) atoms. The van der Waals surface area contributed by atoms with E-state index >= 15 is 0 Å². The summed E-state index contributed by atoms with van der Waals surface area (Å²) >= 11 is 0. The molecule has 1 aliphatic heterocycles. The SMILES string of the molecule is CC(C)C(=O)C(NC(=O)c1ccc(C2CCN(C(=O)C3CC3)CC2)cc1)C1CCCCC1. The Labute approximate surface area is 192 Å². The highest BCUT2D eigenvalue weighted by Crippen LogP contribution is 2.34.